The van der Waals surface area contributed by atoms with Crippen LogP contribution >= 0.6 is 0 Å². The first kappa shape index (κ1) is 26.4. The number of rotatable bonds is 17. The fraction of sp³-hybridized carbons (Fsp3) is 0.613. The molecule has 0 unspecified atom stereocenters. The number of benzene rings is 1. The molecule has 186 valence electrons. The molecule has 1 aliphatic carbocycles. The van der Waals surface area contributed by atoms with Gasteiger partial charge in [-0.05, 0) is 61.4 Å². The summed E-state index contributed by atoms with van der Waals surface area (Å²) in [6.07, 6.45) is 29.8. The molecule has 3 nitrogen and oxygen atoms in total. The van der Waals surface area contributed by atoms with Gasteiger partial charge in [0.2, 0.25) is 0 Å². The predicted octanol–water partition coefficient (Wildman–Crippen LogP) is 9.12. The summed E-state index contributed by atoms with van der Waals surface area (Å²) in [5.41, 5.74) is 2.29. The first-order valence-electron chi connectivity index (χ1n) is 14.0. The van der Waals surface area contributed by atoms with E-state index in [2.05, 4.69) is 29.0 Å². The predicted molar refractivity (Wildman–Crippen MR) is 144 cm³/mol. The van der Waals surface area contributed by atoms with Gasteiger partial charge in [-0.25, -0.2) is 9.97 Å². The molecule has 0 radical (unpaired) electrons. The number of nitrogens with zero attached hydrogens (tertiary/aromatic N) is 2. The average Bonchev–Trinajstić information content (AvgIpc) is 3.39. The van der Waals surface area contributed by atoms with Gasteiger partial charge in [-0.15, -0.1) is 0 Å². The van der Waals surface area contributed by atoms with Crippen molar-refractivity contribution in [3.05, 3.63) is 54.4 Å². The zero-order valence-electron chi connectivity index (χ0n) is 21.5. The molecule has 0 amide bonds. The molecule has 2 aromatic rings. The number of hydrogen-bond acceptors (Lipinski definition) is 3. The zero-order chi connectivity index (χ0) is 23.7. The third kappa shape index (κ3) is 10.4. The molecule has 1 fully saturated rings. The Bertz CT molecular complexity index is 791. The SMILES string of the molecule is CCCCC=CCCOc1ccc(-c2ncc(CCCCCCCCC3CCCC3)cn2)cc1. The van der Waals surface area contributed by atoms with E-state index in [1.165, 1.54) is 95.5 Å². The van der Waals surface area contributed by atoms with Crippen molar-refractivity contribution in [2.24, 2.45) is 5.92 Å². The summed E-state index contributed by atoms with van der Waals surface area (Å²) >= 11 is 0. The minimum atomic E-state index is 0.716. The summed E-state index contributed by atoms with van der Waals surface area (Å²) in [6, 6.07) is 8.13. The van der Waals surface area contributed by atoms with Gasteiger partial charge in [0.25, 0.3) is 0 Å². The van der Waals surface area contributed by atoms with Crippen LogP contribution in [0.3, 0.4) is 0 Å². The minimum absolute atomic E-state index is 0.716. The average molecular weight is 463 g/mol. The molecule has 1 aliphatic rings. The van der Waals surface area contributed by atoms with E-state index in [1.807, 2.05) is 36.7 Å². The highest BCUT2D eigenvalue weighted by Gasteiger charge is 2.13. The van der Waals surface area contributed by atoms with Gasteiger partial charge in [0.15, 0.2) is 5.82 Å². The third-order valence-electron chi connectivity index (χ3n) is 7.06. The summed E-state index contributed by atoms with van der Waals surface area (Å²) in [7, 11) is 0. The lowest BCUT2D eigenvalue weighted by Crippen LogP contribution is -1.96. The molecule has 34 heavy (non-hydrogen) atoms. The smallest absolute Gasteiger partial charge is 0.159 e. The van der Waals surface area contributed by atoms with Crippen LogP contribution in [-0.4, -0.2) is 16.6 Å². The standard InChI is InChI=1S/C31H46N2O/c1-2-3-4-5-10-15-24-34-30-22-20-29(21-23-30)31-32-25-28(26-33-31)19-12-9-7-6-8-11-16-27-17-13-14-18-27/h5,10,20-23,25-27H,2-4,6-9,11-19,24H2,1H3. The van der Waals surface area contributed by atoms with Crippen molar-refractivity contribution in [2.75, 3.05) is 6.61 Å². The molecule has 1 heterocycles. The Kier molecular flexibility index (Phi) is 12.8. The van der Waals surface area contributed by atoms with Gasteiger partial charge >= 0.3 is 0 Å². The summed E-state index contributed by atoms with van der Waals surface area (Å²) in [5, 5.41) is 0. The van der Waals surface area contributed by atoms with E-state index in [4.69, 9.17) is 4.74 Å². The molecule has 1 saturated carbocycles. The first-order chi connectivity index (χ1) is 16.8. The first-order valence-corrected chi connectivity index (χ1v) is 14.0. The second kappa shape index (κ2) is 16.5. The van der Waals surface area contributed by atoms with Crippen molar-refractivity contribution in [2.45, 2.75) is 110 Å². The van der Waals surface area contributed by atoms with Crippen molar-refractivity contribution in [3.63, 3.8) is 0 Å². The molecule has 3 heteroatoms. The van der Waals surface area contributed by atoms with E-state index in [0.29, 0.717) is 6.61 Å². The second-order valence-electron chi connectivity index (χ2n) is 10.0. The Balaban J connectivity index is 1.26. The molecule has 1 aromatic heterocycles. The Morgan fingerprint density at radius 1 is 0.824 bits per heavy atom. The van der Waals surface area contributed by atoms with Crippen LogP contribution in [0.1, 0.15) is 109 Å². The van der Waals surface area contributed by atoms with Crippen molar-refractivity contribution < 1.29 is 4.74 Å². The van der Waals surface area contributed by atoms with Crippen LogP contribution in [-0.2, 0) is 6.42 Å². The zero-order valence-corrected chi connectivity index (χ0v) is 21.5. The molecule has 3 rings (SSSR count). The summed E-state index contributed by atoms with van der Waals surface area (Å²) < 4.78 is 5.84. The van der Waals surface area contributed by atoms with Gasteiger partial charge in [-0.1, -0.05) is 96.1 Å². The van der Waals surface area contributed by atoms with E-state index >= 15 is 0 Å². The van der Waals surface area contributed by atoms with Crippen LogP contribution in [0.15, 0.2) is 48.8 Å². The van der Waals surface area contributed by atoms with Crippen molar-refractivity contribution >= 4 is 0 Å². The maximum absolute atomic E-state index is 5.84. The molecular weight excluding hydrogens is 416 g/mol. The molecule has 1 aromatic carbocycles. The Morgan fingerprint density at radius 3 is 2.24 bits per heavy atom. The second-order valence-corrected chi connectivity index (χ2v) is 10.0. The normalized spacial score (nSPS) is 14.3. The molecule has 0 N–H and O–H groups in total. The van der Waals surface area contributed by atoms with Crippen LogP contribution in [0.5, 0.6) is 5.75 Å². The maximum Gasteiger partial charge on any atom is 0.159 e. The highest BCUT2D eigenvalue weighted by Crippen LogP contribution is 2.29. The summed E-state index contributed by atoms with van der Waals surface area (Å²) in [4.78, 5) is 9.21. The number of unbranched alkanes of at least 4 members (excludes halogenated alkanes) is 7. The summed E-state index contributed by atoms with van der Waals surface area (Å²) in [6.45, 7) is 2.94. The molecule has 0 bridgehead atoms. The Morgan fingerprint density at radius 2 is 1.50 bits per heavy atom. The monoisotopic (exact) mass is 462 g/mol. The molecule has 0 atom stereocenters. The quantitative estimate of drug-likeness (QED) is 0.174. The number of aromatic nitrogens is 2. The number of aryl methyl sites for hydroxylation is 1. The highest BCUT2D eigenvalue weighted by molar-refractivity contribution is 5.55. The van der Waals surface area contributed by atoms with E-state index in [-0.39, 0.29) is 0 Å². The van der Waals surface area contributed by atoms with Gasteiger partial charge in [0.05, 0.1) is 6.61 Å². The van der Waals surface area contributed by atoms with Crippen LogP contribution in [0.2, 0.25) is 0 Å². The largest absolute Gasteiger partial charge is 0.493 e. The summed E-state index contributed by atoms with van der Waals surface area (Å²) in [5.74, 6) is 2.75. The van der Waals surface area contributed by atoms with Gasteiger partial charge in [-0.2, -0.15) is 0 Å². The van der Waals surface area contributed by atoms with Gasteiger partial charge in [0.1, 0.15) is 5.75 Å². The lowest BCUT2D eigenvalue weighted by Gasteiger charge is -2.08. The highest BCUT2D eigenvalue weighted by atomic mass is 16.5. The van der Waals surface area contributed by atoms with Gasteiger partial charge < -0.3 is 4.74 Å². The van der Waals surface area contributed by atoms with Gasteiger partial charge in [-0.3, -0.25) is 0 Å². The molecule has 0 spiro atoms. The van der Waals surface area contributed by atoms with Crippen molar-refractivity contribution in [1.82, 2.24) is 9.97 Å². The number of hydrogen-bond donors (Lipinski definition) is 0. The fourth-order valence-corrected chi connectivity index (χ4v) is 4.90. The molecule has 0 aliphatic heterocycles. The molecular formula is C31H46N2O. The third-order valence-corrected chi connectivity index (χ3v) is 7.06. The lowest BCUT2D eigenvalue weighted by atomic mass is 9.99. The van der Waals surface area contributed by atoms with Crippen molar-refractivity contribution in [3.8, 4) is 17.1 Å². The van der Waals surface area contributed by atoms with Gasteiger partial charge in [0, 0.05) is 18.0 Å². The van der Waals surface area contributed by atoms with Crippen LogP contribution in [0.4, 0.5) is 0 Å². The van der Waals surface area contributed by atoms with E-state index in [0.717, 1.165) is 35.9 Å². The van der Waals surface area contributed by atoms with Crippen LogP contribution in [0.25, 0.3) is 11.4 Å². The molecule has 0 saturated heterocycles. The van der Waals surface area contributed by atoms with E-state index in [9.17, 15) is 0 Å². The maximum atomic E-state index is 5.84. The van der Waals surface area contributed by atoms with E-state index < -0.39 is 0 Å². The topological polar surface area (TPSA) is 35.0 Å². The fourth-order valence-electron chi connectivity index (χ4n) is 4.90. The van der Waals surface area contributed by atoms with E-state index in [1.54, 1.807) is 0 Å². The number of allylic oxidation sites excluding steroid dienone is 1. The van der Waals surface area contributed by atoms with Crippen LogP contribution < -0.4 is 4.74 Å². The van der Waals surface area contributed by atoms with Crippen LogP contribution in [0, 0.1) is 5.92 Å². The minimum Gasteiger partial charge on any atom is -0.493 e. The lowest BCUT2D eigenvalue weighted by molar-refractivity contribution is 0.325. The number of ether oxygens (including phenoxy) is 1. The Labute approximate surface area is 208 Å². The van der Waals surface area contributed by atoms with Crippen molar-refractivity contribution in [1.29, 1.82) is 0 Å². The Hall–Kier alpha value is -2.16.